The standard InChI is InChI=1S/C21H26N4O2/c1-14-12-15(2)25-13-23-19(20(25)24-14)21(26)22-10-9-16-5-7-17(8-6-16)18-4-3-11-27-18/h3-4,11-13,16-17H,5-10H2,1-2H3,(H,22,26). The molecule has 142 valence electrons. The molecule has 3 aromatic heterocycles. The minimum atomic E-state index is -0.140. The number of furan rings is 1. The van der Waals surface area contributed by atoms with Crippen molar-refractivity contribution in [1.29, 1.82) is 0 Å². The molecule has 4 rings (SSSR count). The van der Waals surface area contributed by atoms with E-state index in [2.05, 4.69) is 21.4 Å². The molecule has 0 radical (unpaired) electrons. The van der Waals surface area contributed by atoms with Gasteiger partial charge in [-0.05, 0) is 70.1 Å². The number of rotatable bonds is 5. The van der Waals surface area contributed by atoms with Gasteiger partial charge in [-0.3, -0.25) is 9.20 Å². The smallest absolute Gasteiger partial charge is 0.273 e. The summed E-state index contributed by atoms with van der Waals surface area (Å²) >= 11 is 0. The Hall–Kier alpha value is -2.63. The van der Waals surface area contributed by atoms with E-state index in [4.69, 9.17) is 4.42 Å². The van der Waals surface area contributed by atoms with Gasteiger partial charge in [0, 0.05) is 23.9 Å². The van der Waals surface area contributed by atoms with Crippen LogP contribution in [-0.4, -0.2) is 26.8 Å². The fourth-order valence-corrected chi connectivity index (χ4v) is 4.17. The quantitative estimate of drug-likeness (QED) is 0.740. The topological polar surface area (TPSA) is 72.4 Å². The molecule has 1 N–H and O–H groups in total. The van der Waals surface area contributed by atoms with Crippen LogP contribution >= 0.6 is 0 Å². The molecule has 1 amide bonds. The average Bonchev–Trinajstić information content (AvgIpc) is 3.32. The number of hydrogen-bond donors (Lipinski definition) is 1. The number of fused-ring (bicyclic) bond motifs is 1. The Labute approximate surface area is 159 Å². The lowest BCUT2D eigenvalue weighted by Crippen LogP contribution is -2.27. The normalized spacial score (nSPS) is 20.1. The number of aryl methyl sites for hydroxylation is 2. The highest BCUT2D eigenvalue weighted by molar-refractivity contribution is 5.97. The maximum absolute atomic E-state index is 12.6. The molecule has 27 heavy (non-hydrogen) atoms. The fraction of sp³-hybridized carbons (Fsp3) is 0.476. The average molecular weight is 366 g/mol. The number of nitrogens with one attached hydrogen (secondary N) is 1. The summed E-state index contributed by atoms with van der Waals surface area (Å²) in [6.45, 7) is 4.60. The van der Waals surface area contributed by atoms with Crippen LogP contribution in [0.15, 0.2) is 35.2 Å². The Kier molecular flexibility index (Phi) is 4.97. The summed E-state index contributed by atoms with van der Waals surface area (Å²) in [5.41, 5.74) is 2.95. The summed E-state index contributed by atoms with van der Waals surface area (Å²) in [4.78, 5) is 21.3. The summed E-state index contributed by atoms with van der Waals surface area (Å²) in [7, 11) is 0. The summed E-state index contributed by atoms with van der Waals surface area (Å²) < 4.78 is 7.40. The van der Waals surface area contributed by atoms with Crippen molar-refractivity contribution < 1.29 is 9.21 Å². The Morgan fingerprint density at radius 2 is 2.11 bits per heavy atom. The third-order valence-electron chi connectivity index (χ3n) is 5.67. The first-order valence-corrected chi connectivity index (χ1v) is 9.74. The Bertz CT molecular complexity index is 921. The molecular weight excluding hydrogens is 340 g/mol. The van der Waals surface area contributed by atoms with Crippen molar-refractivity contribution >= 4 is 11.6 Å². The van der Waals surface area contributed by atoms with Crippen molar-refractivity contribution in [3.05, 3.63) is 53.6 Å². The Balaban J connectivity index is 1.29. The second-order valence-electron chi connectivity index (χ2n) is 7.60. The molecule has 0 aromatic carbocycles. The van der Waals surface area contributed by atoms with Crippen LogP contribution in [0.3, 0.4) is 0 Å². The lowest BCUT2D eigenvalue weighted by Gasteiger charge is -2.27. The van der Waals surface area contributed by atoms with Crippen LogP contribution < -0.4 is 5.32 Å². The molecule has 0 spiro atoms. The third kappa shape index (κ3) is 3.75. The Morgan fingerprint density at radius 3 is 2.85 bits per heavy atom. The van der Waals surface area contributed by atoms with Crippen molar-refractivity contribution in [2.45, 2.75) is 51.9 Å². The van der Waals surface area contributed by atoms with E-state index in [0.717, 1.165) is 23.6 Å². The van der Waals surface area contributed by atoms with Crippen molar-refractivity contribution in [3.63, 3.8) is 0 Å². The third-order valence-corrected chi connectivity index (χ3v) is 5.67. The van der Waals surface area contributed by atoms with Gasteiger partial charge in [-0.2, -0.15) is 0 Å². The lowest BCUT2D eigenvalue weighted by atomic mass is 9.79. The van der Waals surface area contributed by atoms with Crippen LogP contribution in [0.1, 0.15) is 65.7 Å². The van der Waals surface area contributed by atoms with E-state index < -0.39 is 0 Å². The maximum atomic E-state index is 12.6. The summed E-state index contributed by atoms with van der Waals surface area (Å²) in [5, 5.41) is 3.03. The second kappa shape index (κ2) is 7.55. The van der Waals surface area contributed by atoms with E-state index in [0.29, 0.717) is 29.7 Å². The van der Waals surface area contributed by atoms with Crippen molar-refractivity contribution in [1.82, 2.24) is 19.7 Å². The first kappa shape index (κ1) is 17.8. The Morgan fingerprint density at radius 1 is 1.30 bits per heavy atom. The SMILES string of the molecule is Cc1cc(C)n2cnc(C(=O)NCCC3CCC(c4ccco4)CC3)c2n1. The molecule has 6 nitrogen and oxygen atoms in total. The molecule has 0 unspecified atom stereocenters. The molecule has 1 aliphatic carbocycles. The van der Waals surface area contributed by atoms with Crippen LogP contribution in [0.2, 0.25) is 0 Å². The van der Waals surface area contributed by atoms with Gasteiger partial charge in [-0.15, -0.1) is 0 Å². The molecular formula is C21H26N4O2. The number of aromatic nitrogens is 3. The van der Waals surface area contributed by atoms with E-state index in [1.165, 1.54) is 25.7 Å². The highest BCUT2D eigenvalue weighted by Gasteiger charge is 2.24. The van der Waals surface area contributed by atoms with E-state index in [-0.39, 0.29) is 5.91 Å². The molecule has 0 bridgehead atoms. The van der Waals surface area contributed by atoms with Gasteiger partial charge in [0.05, 0.1) is 6.26 Å². The molecule has 6 heteroatoms. The van der Waals surface area contributed by atoms with Gasteiger partial charge in [0.25, 0.3) is 5.91 Å². The minimum Gasteiger partial charge on any atom is -0.469 e. The van der Waals surface area contributed by atoms with Crippen molar-refractivity contribution in [2.24, 2.45) is 5.92 Å². The monoisotopic (exact) mass is 366 g/mol. The van der Waals surface area contributed by atoms with Crippen LogP contribution in [0, 0.1) is 19.8 Å². The summed E-state index contributed by atoms with van der Waals surface area (Å²) in [5.74, 6) is 2.20. The molecule has 3 aromatic rings. The first-order chi connectivity index (χ1) is 13.1. The zero-order valence-electron chi connectivity index (χ0n) is 15.9. The molecule has 1 saturated carbocycles. The van der Waals surface area contributed by atoms with Gasteiger partial charge in [0.2, 0.25) is 0 Å². The number of hydrogen-bond acceptors (Lipinski definition) is 4. The predicted molar refractivity (Wildman–Crippen MR) is 103 cm³/mol. The number of nitrogens with zero attached hydrogens (tertiary/aromatic N) is 3. The summed E-state index contributed by atoms with van der Waals surface area (Å²) in [6.07, 6.45) is 9.15. The fourth-order valence-electron chi connectivity index (χ4n) is 4.17. The van der Waals surface area contributed by atoms with Gasteiger partial charge in [-0.25, -0.2) is 9.97 Å². The van der Waals surface area contributed by atoms with E-state index in [1.807, 2.05) is 30.4 Å². The maximum Gasteiger partial charge on any atom is 0.273 e. The highest BCUT2D eigenvalue weighted by Crippen LogP contribution is 2.36. The lowest BCUT2D eigenvalue weighted by molar-refractivity contribution is 0.0947. The molecule has 0 atom stereocenters. The number of carbonyl (C=O) groups is 1. The van der Waals surface area contributed by atoms with E-state index in [9.17, 15) is 4.79 Å². The first-order valence-electron chi connectivity index (χ1n) is 9.74. The second-order valence-corrected chi connectivity index (χ2v) is 7.60. The van der Waals surface area contributed by atoms with Gasteiger partial charge in [0.15, 0.2) is 11.3 Å². The molecule has 0 aliphatic heterocycles. The van der Waals surface area contributed by atoms with Gasteiger partial charge < -0.3 is 9.73 Å². The largest absolute Gasteiger partial charge is 0.469 e. The van der Waals surface area contributed by atoms with E-state index >= 15 is 0 Å². The predicted octanol–water partition coefficient (Wildman–Crippen LogP) is 4.03. The number of amides is 1. The van der Waals surface area contributed by atoms with Crippen LogP contribution in [-0.2, 0) is 0 Å². The summed E-state index contributed by atoms with van der Waals surface area (Å²) in [6, 6.07) is 6.03. The molecule has 0 saturated heterocycles. The van der Waals surface area contributed by atoms with Crippen LogP contribution in [0.25, 0.3) is 5.65 Å². The van der Waals surface area contributed by atoms with Gasteiger partial charge in [0.1, 0.15) is 12.1 Å². The zero-order chi connectivity index (χ0) is 18.8. The van der Waals surface area contributed by atoms with Crippen molar-refractivity contribution in [2.75, 3.05) is 6.54 Å². The van der Waals surface area contributed by atoms with Gasteiger partial charge >= 0.3 is 0 Å². The zero-order valence-corrected chi connectivity index (χ0v) is 15.9. The van der Waals surface area contributed by atoms with Crippen molar-refractivity contribution in [3.8, 4) is 0 Å². The molecule has 3 heterocycles. The van der Waals surface area contributed by atoms with Crippen LogP contribution in [0.4, 0.5) is 0 Å². The van der Waals surface area contributed by atoms with E-state index in [1.54, 1.807) is 12.6 Å². The number of carbonyl (C=O) groups excluding carboxylic acids is 1. The highest BCUT2D eigenvalue weighted by atomic mass is 16.3. The van der Waals surface area contributed by atoms with Gasteiger partial charge in [-0.1, -0.05) is 0 Å². The number of imidazole rings is 1. The van der Waals surface area contributed by atoms with Crippen LogP contribution in [0.5, 0.6) is 0 Å². The molecule has 1 fully saturated rings. The molecule has 1 aliphatic rings. The minimum absolute atomic E-state index is 0.140.